The topological polar surface area (TPSA) is 20.3 Å². The summed E-state index contributed by atoms with van der Waals surface area (Å²) in [6.07, 6.45) is 2.04. The minimum atomic E-state index is 0. The molecule has 0 saturated carbocycles. The van der Waals surface area contributed by atoms with Crippen molar-refractivity contribution in [3.63, 3.8) is 0 Å². The fourth-order valence-electron chi connectivity index (χ4n) is 2.27. The third-order valence-corrected chi connectivity index (χ3v) is 3.00. The quantitative estimate of drug-likeness (QED) is 0.790. The van der Waals surface area contributed by atoms with Gasteiger partial charge in [0.05, 0.1) is 0 Å². The number of nitrogens with zero attached hydrogens (tertiary/aromatic N) is 1. The van der Waals surface area contributed by atoms with E-state index in [0.717, 1.165) is 24.9 Å². The summed E-state index contributed by atoms with van der Waals surface area (Å²) in [6, 6.07) is 7.99. The zero-order valence-electron chi connectivity index (χ0n) is 9.77. The number of ketones is 1. The fourth-order valence-corrected chi connectivity index (χ4v) is 2.27. The first kappa shape index (κ1) is 13.2. The molecule has 0 radical (unpaired) electrons. The number of hydrogen-bond acceptors (Lipinski definition) is 2. The Kier molecular flexibility index (Phi) is 4.51. The standard InChI is InChI=1S/C13H17NO.ClH/c1-14(2)9-11-8-7-10-5-3-4-6-12(10)13(11)15;/h3-6,11H,7-9H2,1-2H3;1H. The molecular weight excluding hydrogens is 222 g/mol. The number of rotatable bonds is 2. The highest BCUT2D eigenvalue weighted by atomic mass is 35.5. The second-order valence-corrected chi connectivity index (χ2v) is 4.52. The molecule has 0 spiro atoms. The fraction of sp³-hybridized carbons (Fsp3) is 0.462. The van der Waals surface area contributed by atoms with Crippen LogP contribution in [0.4, 0.5) is 0 Å². The predicted octanol–water partition coefficient (Wildman–Crippen LogP) is 2.42. The summed E-state index contributed by atoms with van der Waals surface area (Å²) in [6.45, 7) is 0.868. The number of carbonyl (C=O) groups is 1. The summed E-state index contributed by atoms with van der Waals surface area (Å²) in [5.41, 5.74) is 2.16. The summed E-state index contributed by atoms with van der Waals surface area (Å²) in [4.78, 5) is 14.2. The smallest absolute Gasteiger partial charge is 0.167 e. The van der Waals surface area contributed by atoms with Crippen LogP contribution in [0.1, 0.15) is 22.3 Å². The summed E-state index contributed by atoms with van der Waals surface area (Å²) < 4.78 is 0. The van der Waals surface area contributed by atoms with Crippen LogP contribution in [-0.2, 0) is 6.42 Å². The van der Waals surface area contributed by atoms with Crippen LogP contribution < -0.4 is 0 Å². The van der Waals surface area contributed by atoms with E-state index >= 15 is 0 Å². The SMILES string of the molecule is CN(C)CC1CCc2ccccc2C1=O.Cl. The van der Waals surface area contributed by atoms with Gasteiger partial charge in [0.15, 0.2) is 5.78 Å². The van der Waals surface area contributed by atoms with Crippen LogP contribution in [0.2, 0.25) is 0 Å². The molecule has 1 aliphatic carbocycles. The van der Waals surface area contributed by atoms with Gasteiger partial charge in [-0.15, -0.1) is 12.4 Å². The highest BCUT2D eigenvalue weighted by molar-refractivity contribution is 6.00. The van der Waals surface area contributed by atoms with Gasteiger partial charge >= 0.3 is 0 Å². The number of carbonyl (C=O) groups excluding carboxylic acids is 1. The first-order valence-corrected chi connectivity index (χ1v) is 5.45. The second kappa shape index (κ2) is 5.46. The highest BCUT2D eigenvalue weighted by Crippen LogP contribution is 2.25. The molecule has 1 aromatic carbocycles. The average Bonchev–Trinajstić information content (AvgIpc) is 2.22. The Hall–Kier alpha value is -0.860. The van der Waals surface area contributed by atoms with Crippen LogP contribution in [0.15, 0.2) is 24.3 Å². The Labute approximate surface area is 103 Å². The number of benzene rings is 1. The van der Waals surface area contributed by atoms with E-state index in [1.807, 2.05) is 32.3 Å². The Balaban J connectivity index is 0.00000128. The molecule has 88 valence electrons. The molecule has 0 N–H and O–H groups in total. The maximum absolute atomic E-state index is 12.1. The van der Waals surface area contributed by atoms with Crippen molar-refractivity contribution in [1.29, 1.82) is 0 Å². The van der Waals surface area contributed by atoms with Crippen molar-refractivity contribution in [3.05, 3.63) is 35.4 Å². The molecule has 0 amide bonds. The van der Waals surface area contributed by atoms with Crippen LogP contribution in [0.25, 0.3) is 0 Å². The van der Waals surface area contributed by atoms with Crippen LogP contribution >= 0.6 is 12.4 Å². The lowest BCUT2D eigenvalue weighted by molar-refractivity contribution is 0.0877. The Morgan fingerprint density at radius 2 is 2.00 bits per heavy atom. The molecule has 1 atom stereocenters. The normalized spacial score (nSPS) is 19.2. The van der Waals surface area contributed by atoms with Gasteiger partial charge in [-0.05, 0) is 32.5 Å². The molecule has 16 heavy (non-hydrogen) atoms. The van der Waals surface area contributed by atoms with Crippen molar-refractivity contribution in [2.45, 2.75) is 12.8 Å². The molecule has 0 saturated heterocycles. The van der Waals surface area contributed by atoms with Crippen molar-refractivity contribution in [2.24, 2.45) is 5.92 Å². The van der Waals surface area contributed by atoms with E-state index in [4.69, 9.17) is 0 Å². The maximum Gasteiger partial charge on any atom is 0.167 e. The maximum atomic E-state index is 12.1. The molecule has 2 rings (SSSR count). The van der Waals surface area contributed by atoms with Crippen LogP contribution in [-0.4, -0.2) is 31.3 Å². The van der Waals surface area contributed by atoms with Crippen LogP contribution in [0.5, 0.6) is 0 Å². The van der Waals surface area contributed by atoms with Gasteiger partial charge in [-0.3, -0.25) is 4.79 Å². The second-order valence-electron chi connectivity index (χ2n) is 4.52. The summed E-state index contributed by atoms with van der Waals surface area (Å²) in [5, 5.41) is 0. The van der Waals surface area contributed by atoms with Gasteiger partial charge in [0.25, 0.3) is 0 Å². The summed E-state index contributed by atoms with van der Waals surface area (Å²) in [7, 11) is 4.04. The zero-order chi connectivity index (χ0) is 10.8. The van der Waals surface area contributed by atoms with Gasteiger partial charge in [-0.1, -0.05) is 24.3 Å². The molecule has 2 nitrogen and oxygen atoms in total. The lowest BCUT2D eigenvalue weighted by Crippen LogP contribution is -2.31. The number of hydrogen-bond donors (Lipinski definition) is 0. The van der Waals surface area contributed by atoms with Gasteiger partial charge < -0.3 is 4.90 Å². The highest BCUT2D eigenvalue weighted by Gasteiger charge is 2.26. The largest absolute Gasteiger partial charge is 0.309 e. The molecule has 1 aliphatic rings. The van der Waals surface area contributed by atoms with Gasteiger partial charge in [-0.2, -0.15) is 0 Å². The van der Waals surface area contributed by atoms with E-state index < -0.39 is 0 Å². The van der Waals surface area contributed by atoms with Gasteiger partial charge in [-0.25, -0.2) is 0 Å². The molecule has 0 heterocycles. The zero-order valence-corrected chi connectivity index (χ0v) is 10.6. The van der Waals surface area contributed by atoms with Crippen molar-refractivity contribution >= 4 is 18.2 Å². The van der Waals surface area contributed by atoms with E-state index in [0.29, 0.717) is 5.78 Å². The van der Waals surface area contributed by atoms with E-state index in [2.05, 4.69) is 11.0 Å². The van der Waals surface area contributed by atoms with E-state index in [-0.39, 0.29) is 18.3 Å². The van der Waals surface area contributed by atoms with E-state index in [1.165, 1.54) is 5.56 Å². The van der Waals surface area contributed by atoms with Crippen molar-refractivity contribution < 1.29 is 4.79 Å². The molecule has 0 aliphatic heterocycles. The van der Waals surface area contributed by atoms with E-state index in [1.54, 1.807) is 0 Å². The van der Waals surface area contributed by atoms with Crippen molar-refractivity contribution in [1.82, 2.24) is 4.90 Å². The Morgan fingerprint density at radius 3 is 2.69 bits per heavy atom. The number of aryl methyl sites for hydroxylation is 1. The Bertz CT molecular complexity index is 376. The van der Waals surface area contributed by atoms with Crippen LogP contribution in [0.3, 0.4) is 0 Å². The van der Waals surface area contributed by atoms with Crippen molar-refractivity contribution in [3.8, 4) is 0 Å². The van der Waals surface area contributed by atoms with Gasteiger partial charge in [0.2, 0.25) is 0 Å². The summed E-state index contributed by atoms with van der Waals surface area (Å²) in [5.74, 6) is 0.514. The first-order valence-electron chi connectivity index (χ1n) is 5.45. The van der Waals surface area contributed by atoms with Gasteiger partial charge in [0, 0.05) is 18.0 Å². The van der Waals surface area contributed by atoms with Crippen LogP contribution in [0, 0.1) is 5.92 Å². The Morgan fingerprint density at radius 1 is 1.31 bits per heavy atom. The number of Topliss-reactive ketones (excluding diaryl/α,β-unsaturated/α-hetero) is 1. The number of fused-ring (bicyclic) bond motifs is 1. The molecule has 0 bridgehead atoms. The molecule has 1 aromatic rings. The lowest BCUT2D eigenvalue weighted by Gasteiger charge is -2.25. The first-order chi connectivity index (χ1) is 7.18. The third-order valence-electron chi connectivity index (χ3n) is 3.00. The summed E-state index contributed by atoms with van der Waals surface area (Å²) >= 11 is 0. The minimum Gasteiger partial charge on any atom is -0.309 e. The molecule has 1 unspecified atom stereocenters. The van der Waals surface area contributed by atoms with Gasteiger partial charge in [0.1, 0.15) is 0 Å². The lowest BCUT2D eigenvalue weighted by atomic mass is 9.82. The minimum absolute atomic E-state index is 0. The predicted molar refractivity (Wildman–Crippen MR) is 68.4 cm³/mol. The average molecular weight is 240 g/mol. The van der Waals surface area contributed by atoms with E-state index in [9.17, 15) is 4.79 Å². The molecule has 0 aromatic heterocycles. The monoisotopic (exact) mass is 239 g/mol. The molecular formula is C13H18ClNO. The number of halogens is 1. The molecule has 3 heteroatoms. The third kappa shape index (κ3) is 2.63. The molecule has 0 fully saturated rings. The van der Waals surface area contributed by atoms with Crippen molar-refractivity contribution in [2.75, 3.05) is 20.6 Å².